The molecule has 21 heavy (non-hydrogen) atoms. The first-order valence-electron chi connectivity index (χ1n) is 6.18. The molecule has 0 aromatic heterocycles. The van der Waals surface area contributed by atoms with Crippen molar-refractivity contribution in [2.45, 2.75) is 0 Å². The Morgan fingerprint density at radius 3 is 2.52 bits per heavy atom. The fourth-order valence-electron chi connectivity index (χ4n) is 1.98. The lowest BCUT2D eigenvalue weighted by atomic mass is 10.1. The van der Waals surface area contributed by atoms with Gasteiger partial charge in [0.15, 0.2) is 0 Å². The second-order valence-corrected chi connectivity index (χ2v) is 4.39. The monoisotopic (exact) mass is 289 g/mol. The standard InChI is InChI=1S/C16H13F2NO2/c1-19(15-5-3-2-4-13(15)18)14-8-7-12(17)10-11(14)6-9-16(20)21/h2-10H,1H3,(H,20,21). The number of anilines is 2. The zero-order valence-corrected chi connectivity index (χ0v) is 11.3. The summed E-state index contributed by atoms with van der Waals surface area (Å²) in [6.45, 7) is 0. The van der Waals surface area contributed by atoms with Crippen molar-refractivity contribution >= 4 is 23.4 Å². The number of hydrogen-bond acceptors (Lipinski definition) is 2. The third-order valence-corrected chi connectivity index (χ3v) is 2.97. The first-order valence-corrected chi connectivity index (χ1v) is 6.18. The van der Waals surface area contributed by atoms with Crippen molar-refractivity contribution in [3.8, 4) is 0 Å². The molecule has 0 saturated carbocycles. The number of benzene rings is 2. The molecule has 0 fully saturated rings. The predicted molar refractivity (Wildman–Crippen MR) is 77.5 cm³/mol. The van der Waals surface area contributed by atoms with Crippen LogP contribution in [0.3, 0.4) is 0 Å². The van der Waals surface area contributed by atoms with Gasteiger partial charge in [-0.1, -0.05) is 12.1 Å². The largest absolute Gasteiger partial charge is 0.478 e. The molecule has 0 unspecified atom stereocenters. The predicted octanol–water partition coefficient (Wildman–Crippen LogP) is 3.83. The summed E-state index contributed by atoms with van der Waals surface area (Å²) in [6, 6.07) is 10.1. The lowest BCUT2D eigenvalue weighted by Crippen LogP contribution is -2.12. The van der Waals surface area contributed by atoms with E-state index in [4.69, 9.17) is 5.11 Å². The SMILES string of the molecule is CN(c1ccccc1F)c1ccc(F)cc1C=CC(=O)O. The van der Waals surface area contributed by atoms with E-state index in [2.05, 4.69) is 0 Å². The normalized spacial score (nSPS) is 10.8. The summed E-state index contributed by atoms with van der Waals surface area (Å²) in [5.41, 5.74) is 1.16. The van der Waals surface area contributed by atoms with Gasteiger partial charge < -0.3 is 10.0 Å². The molecule has 2 aromatic rings. The molecule has 0 aliphatic heterocycles. The summed E-state index contributed by atoms with van der Waals surface area (Å²) in [6.07, 6.45) is 2.19. The average molecular weight is 289 g/mol. The molecular formula is C16H13F2NO2. The van der Waals surface area contributed by atoms with Gasteiger partial charge in [0.25, 0.3) is 0 Å². The minimum atomic E-state index is -1.14. The quantitative estimate of drug-likeness (QED) is 0.870. The second-order valence-electron chi connectivity index (χ2n) is 4.39. The minimum absolute atomic E-state index is 0.314. The van der Waals surface area contributed by atoms with Gasteiger partial charge in [-0.3, -0.25) is 0 Å². The zero-order valence-electron chi connectivity index (χ0n) is 11.3. The van der Waals surface area contributed by atoms with E-state index in [1.54, 1.807) is 25.2 Å². The second kappa shape index (κ2) is 6.17. The van der Waals surface area contributed by atoms with Gasteiger partial charge in [0.2, 0.25) is 0 Å². The number of rotatable bonds is 4. The van der Waals surface area contributed by atoms with E-state index in [9.17, 15) is 13.6 Å². The molecule has 2 aromatic carbocycles. The third-order valence-electron chi connectivity index (χ3n) is 2.97. The Hall–Kier alpha value is -2.69. The smallest absolute Gasteiger partial charge is 0.328 e. The summed E-state index contributed by atoms with van der Waals surface area (Å²) in [5, 5.41) is 8.68. The number of aliphatic carboxylic acids is 1. The van der Waals surface area contributed by atoms with Gasteiger partial charge in [-0.15, -0.1) is 0 Å². The molecule has 0 aliphatic rings. The van der Waals surface area contributed by atoms with Crippen molar-refractivity contribution in [1.29, 1.82) is 0 Å². The molecule has 2 rings (SSSR count). The summed E-state index contributed by atoms with van der Waals surface area (Å²) in [7, 11) is 1.63. The lowest BCUT2D eigenvalue weighted by molar-refractivity contribution is -0.131. The van der Waals surface area contributed by atoms with E-state index in [-0.39, 0.29) is 0 Å². The number of halogens is 2. The molecule has 3 nitrogen and oxygen atoms in total. The summed E-state index contributed by atoms with van der Waals surface area (Å²) in [5.74, 6) is -2.05. The summed E-state index contributed by atoms with van der Waals surface area (Å²) in [4.78, 5) is 12.1. The van der Waals surface area contributed by atoms with Crippen molar-refractivity contribution in [3.63, 3.8) is 0 Å². The van der Waals surface area contributed by atoms with Crippen LogP contribution < -0.4 is 4.90 Å². The van der Waals surface area contributed by atoms with Crippen LogP contribution >= 0.6 is 0 Å². The highest BCUT2D eigenvalue weighted by molar-refractivity contribution is 5.87. The van der Waals surface area contributed by atoms with Crippen molar-refractivity contribution < 1.29 is 18.7 Å². The maximum Gasteiger partial charge on any atom is 0.328 e. The van der Waals surface area contributed by atoms with Gasteiger partial charge in [0.1, 0.15) is 11.6 Å². The van der Waals surface area contributed by atoms with Crippen LogP contribution in [0.1, 0.15) is 5.56 Å². The fourth-order valence-corrected chi connectivity index (χ4v) is 1.98. The Morgan fingerprint density at radius 2 is 1.86 bits per heavy atom. The van der Waals surface area contributed by atoms with Crippen molar-refractivity contribution in [1.82, 2.24) is 0 Å². The van der Waals surface area contributed by atoms with E-state index in [1.807, 2.05) is 0 Å². The highest BCUT2D eigenvalue weighted by Gasteiger charge is 2.12. The first-order chi connectivity index (χ1) is 9.99. The topological polar surface area (TPSA) is 40.5 Å². The third kappa shape index (κ3) is 3.45. The van der Waals surface area contributed by atoms with Crippen molar-refractivity contribution in [3.05, 3.63) is 65.7 Å². The van der Waals surface area contributed by atoms with Crippen LogP contribution in [-0.2, 0) is 4.79 Å². The molecule has 0 radical (unpaired) electrons. The maximum absolute atomic E-state index is 13.8. The van der Waals surface area contributed by atoms with Gasteiger partial charge in [-0.05, 0) is 36.4 Å². The van der Waals surface area contributed by atoms with Crippen molar-refractivity contribution in [2.75, 3.05) is 11.9 Å². The van der Waals surface area contributed by atoms with Gasteiger partial charge in [0.05, 0.1) is 5.69 Å². The highest BCUT2D eigenvalue weighted by atomic mass is 19.1. The molecular weight excluding hydrogens is 276 g/mol. The van der Waals surface area contributed by atoms with Crippen LogP contribution in [0.15, 0.2) is 48.5 Å². The fraction of sp³-hybridized carbons (Fsp3) is 0.0625. The van der Waals surface area contributed by atoms with Crippen LogP contribution in [0.25, 0.3) is 6.08 Å². The molecule has 0 saturated heterocycles. The van der Waals surface area contributed by atoms with Gasteiger partial charge >= 0.3 is 5.97 Å². The first kappa shape index (κ1) is 14.7. The van der Waals surface area contributed by atoms with Crippen molar-refractivity contribution in [2.24, 2.45) is 0 Å². The Morgan fingerprint density at radius 1 is 1.14 bits per heavy atom. The number of carbonyl (C=O) groups is 1. The maximum atomic E-state index is 13.8. The minimum Gasteiger partial charge on any atom is -0.478 e. The van der Waals surface area contributed by atoms with Gasteiger partial charge in [-0.25, -0.2) is 13.6 Å². The Bertz CT molecular complexity index is 698. The highest BCUT2D eigenvalue weighted by Crippen LogP contribution is 2.30. The molecule has 0 spiro atoms. The van der Waals surface area contributed by atoms with Gasteiger partial charge in [-0.2, -0.15) is 0 Å². The molecule has 0 bridgehead atoms. The van der Waals surface area contributed by atoms with E-state index in [1.165, 1.54) is 35.2 Å². The van der Waals surface area contributed by atoms with E-state index in [0.29, 0.717) is 16.9 Å². The Kier molecular flexibility index (Phi) is 4.33. The Labute approximate surface area is 120 Å². The average Bonchev–Trinajstić information content (AvgIpc) is 2.45. The molecule has 0 amide bonds. The molecule has 5 heteroatoms. The van der Waals surface area contributed by atoms with E-state index < -0.39 is 17.6 Å². The summed E-state index contributed by atoms with van der Waals surface area (Å²) >= 11 is 0. The molecule has 0 aliphatic carbocycles. The number of carboxylic acids is 1. The summed E-state index contributed by atoms with van der Waals surface area (Å²) < 4.78 is 27.2. The van der Waals surface area contributed by atoms with Crippen LogP contribution in [0.2, 0.25) is 0 Å². The van der Waals surface area contributed by atoms with Crippen LogP contribution in [0.4, 0.5) is 20.2 Å². The number of hydrogen-bond donors (Lipinski definition) is 1. The molecule has 108 valence electrons. The van der Waals surface area contributed by atoms with Crippen LogP contribution in [0, 0.1) is 11.6 Å². The van der Waals surface area contributed by atoms with E-state index >= 15 is 0 Å². The molecule has 1 N–H and O–H groups in total. The van der Waals surface area contributed by atoms with Gasteiger partial charge in [0, 0.05) is 24.4 Å². The number of para-hydroxylation sites is 1. The number of carboxylic acid groups (broad SMARTS) is 1. The van der Waals surface area contributed by atoms with Crippen LogP contribution in [-0.4, -0.2) is 18.1 Å². The molecule has 0 atom stereocenters. The molecule has 0 heterocycles. The zero-order chi connectivity index (χ0) is 15.4. The van der Waals surface area contributed by atoms with E-state index in [0.717, 1.165) is 6.08 Å². The lowest BCUT2D eigenvalue weighted by Gasteiger charge is -2.22. The Balaban J connectivity index is 2.48. The number of nitrogens with zero attached hydrogens (tertiary/aromatic N) is 1. The van der Waals surface area contributed by atoms with Crippen LogP contribution in [0.5, 0.6) is 0 Å².